The maximum absolute atomic E-state index is 12.7. The maximum atomic E-state index is 12.7. The van der Waals surface area contributed by atoms with E-state index < -0.39 is 0 Å². The number of amides is 2. The number of rotatable bonds is 6. The number of fused-ring (bicyclic) bond motifs is 1. The molecule has 2 heterocycles. The van der Waals surface area contributed by atoms with Crippen molar-refractivity contribution in [3.05, 3.63) is 59.8 Å². The molecule has 1 aromatic heterocycles. The lowest BCUT2D eigenvalue weighted by atomic mass is 10.3. The first-order valence-corrected chi connectivity index (χ1v) is 11.8. The zero-order valence-corrected chi connectivity index (χ0v) is 19.1. The second kappa shape index (κ2) is 10.8. The highest BCUT2D eigenvalue weighted by atomic mass is 35.5. The summed E-state index contributed by atoms with van der Waals surface area (Å²) in [6.45, 7) is 2.98. The van der Waals surface area contributed by atoms with Gasteiger partial charge >= 0.3 is 0 Å². The van der Waals surface area contributed by atoms with Gasteiger partial charge in [-0.3, -0.25) is 19.5 Å². The Morgan fingerprint density at radius 2 is 1.78 bits per heavy atom. The van der Waals surface area contributed by atoms with Gasteiger partial charge in [0.2, 0.25) is 11.8 Å². The normalized spacial score (nSPS) is 14.8. The third-order valence-corrected chi connectivity index (χ3v) is 6.44. The third kappa shape index (κ3) is 5.97. The quantitative estimate of drug-likeness (QED) is 0.556. The number of hydrogen-bond acceptors (Lipinski definition) is 6. The first kappa shape index (κ1) is 22.5. The molecule has 166 valence electrons. The van der Waals surface area contributed by atoms with Gasteiger partial charge in [0.1, 0.15) is 5.03 Å². The van der Waals surface area contributed by atoms with Gasteiger partial charge in [-0.2, -0.15) is 0 Å². The van der Waals surface area contributed by atoms with Crippen LogP contribution in [0.4, 0.5) is 5.69 Å². The Balaban J connectivity index is 1.25. The highest BCUT2D eigenvalue weighted by molar-refractivity contribution is 7.99. The first-order chi connectivity index (χ1) is 15.6. The Morgan fingerprint density at radius 1 is 1.00 bits per heavy atom. The van der Waals surface area contributed by atoms with Crippen LogP contribution in [-0.2, 0) is 9.59 Å². The van der Waals surface area contributed by atoms with E-state index in [9.17, 15) is 9.59 Å². The van der Waals surface area contributed by atoms with Crippen LogP contribution >= 0.6 is 23.4 Å². The summed E-state index contributed by atoms with van der Waals surface area (Å²) >= 11 is 7.51. The molecule has 0 radical (unpaired) electrons. The minimum Gasteiger partial charge on any atom is -0.341 e. The van der Waals surface area contributed by atoms with E-state index in [2.05, 4.69) is 20.2 Å². The highest BCUT2D eigenvalue weighted by Gasteiger charge is 2.21. The number of thioether (sulfide) groups is 1. The largest absolute Gasteiger partial charge is 0.341 e. The van der Waals surface area contributed by atoms with E-state index in [-0.39, 0.29) is 18.4 Å². The van der Waals surface area contributed by atoms with Crippen molar-refractivity contribution in [1.82, 2.24) is 19.8 Å². The van der Waals surface area contributed by atoms with Crippen molar-refractivity contribution in [3.63, 3.8) is 0 Å². The van der Waals surface area contributed by atoms with Crippen molar-refractivity contribution in [3.8, 4) is 0 Å². The molecular weight excluding hydrogens is 446 g/mol. The second-order valence-corrected chi connectivity index (χ2v) is 8.93. The number of aromatic nitrogens is 2. The number of benzene rings is 2. The van der Waals surface area contributed by atoms with Crippen LogP contribution in [-0.4, -0.2) is 70.1 Å². The smallest absolute Gasteiger partial charge is 0.238 e. The lowest BCUT2D eigenvalue weighted by molar-refractivity contribution is -0.128. The number of carbonyl (C=O) groups is 2. The number of halogens is 1. The fraction of sp³-hybridized carbons (Fsp3) is 0.304. The minimum atomic E-state index is -0.108. The van der Waals surface area contributed by atoms with Crippen molar-refractivity contribution < 1.29 is 9.59 Å². The van der Waals surface area contributed by atoms with Crippen LogP contribution in [0.5, 0.6) is 0 Å². The van der Waals surface area contributed by atoms with Gasteiger partial charge in [0.25, 0.3) is 0 Å². The van der Waals surface area contributed by atoms with Crippen LogP contribution < -0.4 is 5.32 Å². The number of hydrogen-bond donors (Lipinski definition) is 1. The number of nitrogens with one attached hydrogen (secondary N) is 1. The van der Waals surface area contributed by atoms with Crippen molar-refractivity contribution in [2.45, 2.75) is 11.4 Å². The highest BCUT2D eigenvalue weighted by Crippen LogP contribution is 2.21. The summed E-state index contributed by atoms with van der Waals surface area (Å²) in [5.74, 6) is 0.288. The molecule has 0 bridgehead atoms. The molecule has 1 N–H and O–H groups in total. The predicted octanol–water partition coefficient (Wildman–Crippen LogP) is 3.55. The molecule has 0 spiro atoms. The van der Waals surface area contributed by atoms with Gasteiger partial charge in [-0.1, -0.05) is 47.6 Å². The van der Waals surface area contributed by atoms with Crippen LogP contribution in [0.25, 0.3) is 11.0 Å². The number of carbonyl (C=O) groups excluding carboxylic acids is 2. The second-order valence-electron chi connectivity index (χ2n) is 7.52. The fourth-order valence-corrected chi connectivity index (χ4v) is 4.50. The SMILES string of the molecule is O=C(CN1CCCN(C(=O)CSc2cnc3ccccc3n2)CC1)Nc1ccccc1Cl. The number of anilines is 1. The molecule has 32 heavy (non-hydrogen) atoms. The molecule has 1 aliphatic rings. The van der Waals surface area contributed by atoms with Gasteiger partial charge < -0.3 is 10.2 Å². The molecule has 2 amide bonds. The standard InChI is InChI=1S/C23H24ClN5O2S/c24-17-6-1-2-7-18(17)26-21(30)15-28-10-5-11-29(13-12-28)23(31)16-32-22-14-25-19-8-3-4-9-20(19)27-22/h1-4,6-9,14H,5,10-13,15-16H2,(H,26,30). The average molecular weight is 470 g/mol. The van der Waals surface area contributed by atoms with Crippen LogP contribution in [0.3, 0.4) is 0 Å². The Hall–Kier alpha value is -2.68. The van der Waals surface area contributed by atoms with E-state index in [4.69, 9.17) is 11.6 Å². The lowest BCUT2D eigenvalue weighted by Gasteiger charge is -2.21. The van der Waals surface area contributed by atoms with E-state index >= 15 is 0 Å². The Labute approximate surface area is 196 Å². The molecule has 0 aliphatic carbocycles. The first-order valence-electron chi connectivity index (χ1n) is 10.5. The summed E-state index contributed by atoms with van der Waals surface area (Å²) < 4.78 is 0. The van der Waals surface area contributed by atoms with Gasteiger partial charge in [-0.05, 0) is 30.7 Å². The number of nitrogens with zero attached hydrogens (tertiary/aromatic N) is 4. The van der Waals surface area contributed by atoms with Crippen molar-refractivity contribution >= 4 is 51.9 Å². The zero-order chi connectivity index (χ0) is 22.3. The molecule has 7 nitrogen and oxygen atoms in total. The van der Waals surface area contributed by atoms with Crippen LogP contribution in [0.2, 0.25) is 5.02 Å². The summed E-state index contributed by atoms with van der Waals surface area (Å²) in [7, 11) is 0. The summed E-state index contributed by atoms with van der Waals surface area (Å²) in [4.78, 5) is 38.0. The molecule has 1 saturated heterocycles. The summed E-state index contributed by atoms with van der Waals surface area (Å²) in [5, 5.41) is 4.11. The van der Waals surface area contributed by atoms with Gasteiger partial charge in [0.15, 0.2) is 0 Å². The zero-order valence-electron chi connectivity index (χ0n) is 17.5. The van der Waals surface area contributed by atoms with Crippen LogP contribution in [0, 0.1) is 0 Å². The molecular formula is C23H24ClN5O2S. The predicted molar refractivity (Wildman–Crippen MR) is 128 cm³/mol. The molecule has 0 saturated carbocycles. The van der Waals surface area contributed by atoms with Crippen molar-refractivity contribution in [2.75, 3.05) is 43.8 Å². The molecule has 4 rings (SSSR count). The molecule has 0 atom stereocenters. The summed E-state index contributed by atoms with van der Waals surface area (Å²) in [6.07, 6.45) is 2.54. The van der Waals surface area contributed by atoms with Gasteiger partial charge in [0.05, 0.1) is 40.2 Å². The Morgan fingerprint density at radius 3 is 2.62 bits per heavy atom. The van der Waals surface area contributed by atoms with Gasteiger partial charge in [-0.25, -0.2) is 4.98 Å². The molecule has 3 aromatic rings. The molecule has 2 aromatic carbocycles. The molecule has 1 aliphatic heterocycles. The van der Waals surface area contributed by atoms with E-state index in [0.717, 1.165) is 29.0 Å². The van der Waals surface area contributed by atoms with E-state index in [1.165, 1.54) is 11.8 Å². The third-order valence-electron chi connectivity index (χ3n) is 5.23. The fourth-order valence-electron chi connectivity index (χ4n) is 3.57. The van der Waals surface area contributed by atoms with E-state index in [0.29, 0.717) is 36.1 Å². The van der Waals surface area contributed by atoms with Gasteiger partial charge in [-0.15, -0.1) is 0 Å². The Bertz CT molecular complexity index is 1110. The molecule has 9 heteroatoms. The van der Waals surface area contributed by atoms with Crippen molar-refractivity contribution in [1.29, 1.82) is 0 Å². The Kier molecular flexibility index (Phi) is 7.57. The minimum absolute atomic E-state index is 0.0762. The van der Waals surface area contributed by atoms with Crippen molar-refractivity contribution in [2.24, 2.45) is 0 Å². The summed E-state index contributed by atoms with van der Waals surface area (Å²) in [5.41, 5.74) is 2.28. The van der Waals surface area contributed by atoms with Crippen LogP contribution in [0.15, 0.2) is 59.8 Å². The molecule has 1 fully saturated rings. The lowest BCUT2D eigenvalue weighted by Crippen LogP contribution is -2.38. The monoisotopic (exact) mass is 469 g/mol. The topological polar surface area (TPSA) is 78.4 Å². The maximum Gasteiger partial charge on any atom is 0.238 e. The van der Waals surface area contributed by atoms with Gasteiger partial charge in [0, 0.05) is 26.2 Å². The summed E-state index contributed by atoms with van der Waals surface area (Å²) in [6, 6.07) is 14.9. The number of para-hydroxylation sites is 3. The molecule has 0 unspecified atom stereocenters. The van der Waals surface area contributed by atoms with E-state index in [1.807, 2.05) is 41.3 Å². The van der Waals surface area contributed by atoms with Crippen LogP contribution in [0.1, 0.15) is 6.42 Å². The van der Waals surface area contributed by atoms with E-state index in [1.54, 1.807) is 18.3 Å². The average Bonchev–Trinajstić information content (AvgIpc) is 3.04.